The van der Waals surface area contributed by atoms with E-state index in [4.69, 9.17) is 25.5 Å². The summed E-state index contributed by atoms with van der Waals surface area (Å²) in [6, 6.07) is 10.5. The number of rotatable bonds is 18. The molecule has 0 N–H and O–H groups in total. The van der Waals surface area contributed by atoms with Crippen molar-refractivity contribution in [1.82, 2.24) is 34.3 Å². The highest BCUT2D eigenvalue weighted by molar-refractivity contribution is 8.00. The van der Waals surface area contributed by atoms with Gasteiger partial charge in [-0.05, 0) is 220 Å². The Kier molecular flexibility index (Phi) is 35.9. The van der Waals surface area contributed by atoms with Crippen LogP contribution >= 0.6 is 11.8 Å². The second kappa shape index (κ2) is 39.4. The van der Waals surface area contributed by atoms with Crippen molar-refractivity contribution >= 4 is 11.8 Å². The summed E-state index contributed by atoms with van der Waals surface area (Å²) >= 11 is 2.11. The maximum atomic E-state index is 7.06. The van der Waals surface area contributed by atoms with Gasteiger partial charge in [-0.3, -0.25) is 34.3 Å². The summed E-state index contributed by atoms with van der Waals surface area (Å²) in [5.41, 5.74) is 0.776. The van der Waals surface area contributed by atoms with Crippen molar-refractivity contribution in [3.8, 4) is 0 Å². The predicted molar refractivity (Wildman–Crippen MR) is 398 cm³/mol. The van der Waals surface area contributed by atoms with E-state index in [9.17, 15) is 0 Å². The van der Waals surface area contributed by atoms with Crippen molar-refractivity contribution in [3.63, 3.8) is 0 Å². The van der Waals surface area contributed by atoms with E-state index in [0.717, 1.165) is 134 Å². The van der Waals surface area contributed by atoms with Gasteiger partial charge < -0.3 is 23.8 Å². The van der Waals surface area contributed by atoms with Crippen molar-refractivity contribution < 1.29 is 18.9 Å². The standard InChI is InChI=1S/C13H27NO2.C12H23NO2.2C12H23N.C11H20N2.C10H21N.C9H19NS/c1-10(2)13-8-12(16-7-6-15-5)9-14(13)11(3)4;1-9(2)11-5-12(7-14-8-15-12)6-13(11)10(3)4;1-9(2)11-7-12(5-6-12)8-13(11)10(3)4;1-8(2)12-10-5-6-11(7-10)13(12)9(3)4;1-8(2)11-6-10(12-5)7-13(11)9(3)4;1-8(2)10-6-5-7-11(10)9(3)4;1-7(2)9-10(8(3)4)5-6-11-9/h10-13H,6-9H2,1-5H3;9-11H,5-8H2,1-4H3;9-11H,5-8H2,1-4H3;8-12H,5-7H2,1-4H3;8-11H,6-7H2,1-4H3;8-10H,5-7H2,1-4H3;7-9H,5-6H2,1-4H3/t12-,13-;11-,12?;11-;10-,11+,12+;10?,11-;10-;9-/m0000000/s1. The molecule has 10 rings (SSSR count). The van der Waals surface area contributed by atoms with Gasteiger partial charge in [0.1, 0.15) is 12.4 Å². The summed E-state index contributed by atoms with van der Waals surface area (Å²) in [4.78, 5) is 22.1. The number of piperidine rings is 1. The Morgan fingerprint density at radius 3 is 1.40 bits per heavy atom. The third-order valence-corrected chi connectivity index (χ3v) is 24.6. The van der Waals surface area contributed by atoms with Gasteiger partial charge in [0.25, 0.3) is 0 Å². The first-order valence-electron chi connectivity index (χ1n) is 38.7. The summed E-state index contributed by atoms with van der Waals surface area (Å²) in [5.74, 6) is 7.72. The third kappa shape index (κ3) is 24.3. The van der Waals surface area contributed by atoms with E-state index in [2.05, 4.69) is 245 Å². The molecule has 8 saturated heterocycles. The van der Waals surface area contributed by atoms with Crippen molar-refractivity contribution in [2.75, 3.05) is 78.7 Å². The van der Waals surface area contributed by atoms with Gasteiger partial charge in [0.15, 0.2) is 0 Å². The average Bonchev–Trinajstić information content (AvgIpc) is 1.61. The molecule has 2 bridgehead atoms. The van der Waals surface area contributed by atoms with Gasteiger partial charge in [0, 0.05) is 130 Å². The van der Waals surface area contributed by atoms with Gasteiger partial charge in [-0.2, -0.15) is 0 Å². The van der Waals surface area contributed by atoms with E-state index in [1.54, 1.807) is 7.11 Å². The number of fused-ring (bicyclic) bond motifs is 2. The Morgan fingerprint density at radius 1 is 0.500 bits per heavy atom. The minimum atomic E-state index is -0.000787. The van der Waals surface area contributed by atoms with Crippen LogP contribution in [0.4, 0.5) is 0 Å². The maximum Gasteiger partial charge on any atom is 0.237 e. The van der Waals surface area contributed by atoms with Crippen LogP contribution in [0, 0.1) is 59.3 Å². The summed E-state index contributed by atoms with van der Waals surface area (Å²) in [5, 5.41) is 0.773. The largest absolute Gasteiger partial charge is 0.382 e. The number of ether oxygens (including phenoxy) is 4. The maximum absolute atomic E-state index is 7.06. The number of thioether (sulfide) groups is 1. The molecular weight excluding hydrogens is 1160 g/mol. The first-order valence-corrected chi connectivity index (χ1v) is 39.7. The van der Waals surface area contributed by atoms with Crippen LogP contribution in [0.3, 0.4) is 0 Å². The van der Waals surface area contributed by atoms with E-state index in [0.29, 0.717) is 73.5 Å². The van der Waals surface area contributed by atoms with E-state index >= 15 is 0 Å². The number of nitrogens with zero attached hydrogens (tertiary/aromatic N) is 8. The molecule has 10 fully saturated rings. The zero-order valence-corrected chi connectivity index (χ0v) is 66.9. The van der Waals surface area contributed by atoms with Crippen LogP contribution in [0.15, 0.2) is 0 Å². The molecule has 2 aliphatic carbocycles. The highest BCUT2D eigenvalue weighted by Crippen LogP contribution is 2.56. The SMILES string of the molecule is CC(C)[C@@H]1CC2(CC2)CN1C(C)C.CC(C)[C@@H]1CC2(COCO2)CN1C(C)C.CC(C)[C@@H]1CCCN1C(C)C.CC(C)[C@@H]1SCCN1C(C)C.CC(C)[C@@H]1[C@H]2CC[C@H](C2)N1C(C)C.COCCO[C@H]1C[C@@H](C(C)C)N(C(C)C)C1.[C-]#[N+]C1C[C@@H](C(C)C)N(C(C)C)C1. The van der Waals surface area contributed by atoms with Gasteiger partial charge in [-0.15, -0.1) is 11.8 Å². The summed E-state index contributed by atoms with van der Waals surface area (Å²) in [7, 11) is 1.72. The molecule has 12 nitrogen and oxygen atoms in total. The molecule has 92 heavy (non-hydrogen) atoms. The molecule has 12 atom stereocenters. The minimum absolute atomic E-state index is 0.000787. The van der Waals surface area contributed by atoms with Crippen LogP contribution in [-0.4, -0.2) is 221 Å². The molecule has 0 aromatic carbocycles. The molecule has 542 valence electrons. The Labute approximate surface area is 577 Å². The number of methoxy groups -OCH3 is 1. The van der Waals surface area contributed by atoms with Crippen molar-refractivity contribution in [3.05, 3.63) is 11.4 Å². The van der Waals surface area contributed by atoms with E-state index in [1.165, 1.54) is 83.2 Å². The fourth-order valence-electron chi connectivity index (χ4n) is 17.9. The molecule has 2 unspecified atom stereocenters. The average molecular weight is 1310 g/mol. The number of likely N-dealkylation sites (tertiary alicyclic amines) is 6. The zero-order valence-electron chi connectivity index (χ0n) is 66.1. The van der Waals surface area contributed by atoms with Gasteiger partial charge in [-0.25, -0.2) is 6.57 Å². The van der Waals surface area contributed by atoms with Gasteiger partial charge in [0.05, 0.1) is 37.8 Å². The normalized spacial score (nSPS) is 31.8. The quantitative estimate of drug-likeness (QED) is 0.0970. The molecule has 2 saturated carbocycles. The summed E-state index contributed by atoms with van der Waals surface area (Å²) in [6.45, 7) is 81.5. The van der Waals surface area contributed by atoms with Crippen LogP contribution in [0.5, 0.6) is 0 Å². The Balaban J connectivity index is 0.000000230. The molecule has 0 radical (unpaired) electrons. The van der Waals surface area contributed by atoms with Crippen LogP contribution in [-0.2, 0) is 18.9 Å². The first-order chi connectivity index (χ1) is 43.1. The zero-order chi connectivity index (χ0) is 69.3. The lowest BCUT2D eigenvalue weighted by atomic mass is 9.89. The lowest BCUT2D eigenvalue weighted by Gasteiger charge is -2.40. The second-order valence-electron chi connectivity index (χ2n) is 34.9. The Hall–Kier alpha value is -0.600. The van der Waals surface area contributed by atoms with Crippen molar-refractivity contribution in [2.45, 2.75) is 372 Å². The summed E-state index contributed by atoms with van der Waals surface area (Å²) in [6.07, 6.45) is 15.5. The Morgan fingerprint density at radius 2 is 1.02 bits per heavy atom. The van der Waals surface area contributed by atoms with Crippen molar-refractivity contribution in [1.29, 1.82) is 0 Å². The number of hydrogen-bond donors (Lipinski definition) is 0. The smallest absolute Gasteiger partial charge is 0.237 e. The topological polar surface area (TPSA) is 64.0 Å². The lowest BCUT2D eigenvalue weighted by molar-refractivity contribution is -0.00399. The highest BCUT2D eigenvalue weighted by atomic mass is 32.2. The molecule has 0 aromatic rings. The summed E-state index contributed by atoms with van der Waals surface area (Å²) < 4.78 is 22.0. The van der Waals surface area contributed by atoms with Gasteiger partial charge >= 0.3 is 0 Å². The monoisotopic (exact) mass is 1310 g/mol. The van der Waals surface area contributed by atoms with Crippen LogP contribution in [0.2, 0.25) is 0 Å². The van der Waals surface area contributed by atoms with Crippen LogP contribution in [0.1, 0.15) is 264 Å². The molecule has 13 heteroatoms. The molecule has 8 aliphatic heterocycles. The molecule has 0 aromatic heterocycles. The van der Waals surface area contributed by atoms with E-state index < -0.39 is 0 Å². The van der Waals surface area contributed by atoms with Crippen LogP contribution < -0.4 is 0 Å². The molecule has 8 heterocycles. The highest BCUT2D eigenvalue weighted by Gasteiger charge is 2.53. The molecule has 10 aliphatic rings. The fourth-order valence-corrected chi connectivity index (χ4v) is 19.4. The minimum Gasteiger partial charge on any atom is -0.382 e. The van der Waals surface area contributed by atoms with Crippen LogP contribution in [0.25, 0.3) is 4.85 Å². The lowest BCUT2D eigenvalue weighted by Crippen LogP contribution is -2.47. The third-order valence-electron chi connectivity index (χ3n) is 23.0. The second-order valence-corrected chi connectivity index (χ2v) is 36.1. The van der Waals surface area contributed by atoms with Gasteiger partial charge in [0.2, 0.25) is 6.04 Å². The predicted octanol–water partition coefficient (Wildman–Crippen LogP) is 17.2. The van der Waals surface area contributed by atoms with Gasteiger partial charge in [-0.1, -0.05) is 96.9 Å². The molecular formula is C79H156N8O4S. The van der Waals surface area contributed by atoms with E-state index in [1.807, 2.05) is 0 Å². The van der Waals surface area contributed by atoms with E-state index in [-0.39, 0.29) is 11.6 Å². The first kappa shape index (κ1) is 83.8. The fraction of sp³-hybridized carbons (Fsp3) is 0.987. The van der Waals surface area contributed by atoms with Crippen molar-refractivity contribution in [2.24, 2.45) is 52.8 Å². The molecule has 0 amide bonds. The number of hydrogen-bond acceptors (Lipinski definition) is 12. The Bertz CT molecular complexity index is 1890. The molecule has 2 spiro atoms.